The number of rotatable bonds is 14. The molecule has 0 aliphatic carbocycles. The van der Waals surface area contributed by atoms with Gasteiger partial charge in [0.2, 0.25) is 0 Å². The van der Waals surface area contributed by atoms with Gasteiger partial charge in [-0.05, 0) is 6.92 Å². The lowest BCUT2D eigenvalue weighted by atomic mass is 9.86. The van der Waals surface area contributed by atoms with Gasteiger partial charge in [-0.3, -0.25) is 9.05 Å². The number of hydrogen-bond acceptors (Lipinski definition) is 8. The maximum Gasteiger partial charge on any atom is 0.469 e. The Morgan fingerprint density at radius 3 is 1.14 bits per heavy atom. The van der Waals surface area contributed by atoms with Crippen LogP contribution in [0.1, 0.15) is 29.2 Å². The molecule has 0 saturated heterocycles. The second kappa shape index (κ2) is 17.3. The summed E-state index contributed by atoms with van der Waals surface area (Å²) < 4.78 is 43.1. The van der Waals surface area contributed by atoms with Gasteiger partial charge in [0.25, 0.3) is 0 Å². The Hall–Kier alpha value is -4.48. The van der Waals surface area contributed by atoms with Crippen molar-refractivity contribution in [2.24, 2.45) is 0 Å². The molecule has 12 nitrogen and oxygen atoms in total. The first-order valence-electron chi connectivity index (χ1n) is 14.5. The minimum atomic E-state index is -4.78. The van der Waals surface area contributed by atoms with E-state index >= 15 is 0 Å². The number of esters is 2. The molecule has 4 aromatic carbocycles. The van der Waals surface area contributed by atoms with E-state index in [1.165, 1.54) is 6.92 Å². The maximum atomic E-state index is 12.3. The number of benzene rings is 4. The normalized spacial score (nSPS) is 11.8. The molecule has 258 valence electrons. The third kappa shape index (κ3) is 11.3. The van der Waals surface area contributed by atoms with Gasteiger partial charge in [0.15, 0.2) is 11.2 Å². The van der Waals surface area contributed by atoms with E-state index in [1.54, 1.807) is 121 Å². The highest BCUT2D eigenvalue weighted by Gasteiger charge is 2.42. The van der Waals surface area contributed by atoms with Crippen LogP contribution in [0, 0.1) is 0 Å². The molecule has 0 aliphatic rings. The molecule has 0 unspecified atom stereocenters. The van der Waals surface area contributed by atoms with Crippen LogP contribution >= 0.6 is 15.6 Å². The minimum absolute atomic E-state index is 0.160. The molecule has 14 heteroatoms. The fourth-order valence-corrected chi connectivity index (χ4v) is 5.30. The lowest BCUT2D eigenvalue weighted by Crippen LogP contribution is -2.38. The van der Waals surface area contributed by atoms with Crippen molar-refractivity contribution in [1.29, 1.82) is 0 Å². The van der Waals surface area contributed by atoms with Crippen LogP contribution in [0.15, 0.2) is 146 Å². The minimum Gasteiger partial charge on any atom is -0.444 e. The SMILES string of the molecule is C=C(C)C(=O)OC(COP(=O)(O)O)(c1ccccc1)c1ccccc1.C=CC(=O)OC(COP(=O)(O)O)(c1ccccc1)c1ccccc1. The molecule has 0 atom stereocenters. The highest BCUT2D eigenvalue weighted by Crippen LogP contribution is 2.44. The predicted molar refractivity (Wildman–Crippen MR) is 181 cm³/mol. The van der Waals surface area contributed by atoms with Gasteiger partial charge in [-0.2, -0.15) is 0 Å². The van der Waals surface area contributed by atoms with Crippen LogP contribution in [-0.2, 0) is 48.4 Å². The molecule has 0 spiro atoms. The second-order valence-corrected chi connectivity index (χ2v) is 12.9. The number of hydrogen-bond donors (Lipinski definition) is 4. The van der Waals surface area contributed by atoms with Crippen molar-refractivity contribution in [2.75, 3.05) is 13.2 Å². The van der Waals surface area contributed by atoms with Crippen molar-refractivity contribution in [1.82, 2.24) is 0 Å². The second-order valence-electron chi connectivity index (χ2n) is 10.4. The number of ether oxygens (including phenoxy) is 2. The van der Waals surface area contributed by atoms with Gasteiger partial charge in [0.05, 0.1) is 0 Å². The maximum absolute atomic E-state index is 12.3. The topological polar surface area (TPSA) is 186 Å². The molecule has 4 aromatic rings. The number of phosphoric ester groups is 2. The van der Waals surface area contributed by atoms with E-state index in [-0.39, 0.29) is 5.57 Å². The van der Waals surface area contributed by atoms with Gasteiger partial charge < -0.3 is 29.0 Å². The molecule has 4 rings (SSSR count). The Labute approximate surface area is 283 Å². The van der Waals surface area contributed by atoms with Crippen LogP contribution in [0.2, 0.25) is 0 Å². The fourth-order valence-electron chi connectivity index (χ4n) is 4.60. The first-order chi connectivity index (χ1) is 23.1. The molecule has 0 amide bonds. The summed E-state index contributed by atoms with van der Waals surface area (Å²) in [6, 6.07) is 34.5. The average Bonchev–Trinajstić information content (AvgIpc) is 3.09. The van der Waals surface area contributed by atoms with Crippen molar-refractivity contribution in [3.8, 4) is 0 Å². The van der Waals surface area contributed by atoms with Crippen molar-refractivity contribution in [3.05, 3.63) is 168 Å². The third-order valence-corrected chi connectivity index (χ3v) is 7.82. The summed E-state index contributed by atoms with van der Waals surface area (Å²) >= 11 is 0. The zero-order valence-electron chi connectivity index (χ0n) is 26.4. The molecule has 0 bridgehead atoms. The lowest BCUT2D eigenvalue weighted by Gasteiger charge is -2.34. The predicted octanol–water partition coefficient (Wildman–Crippen LogP) is 5.93. The van der Waals surface area contributed by atoms with Crippen LogP contribution in [0.25, 0.3) is 0 Å². The monoisotopic (exact) mass is 710 g/mol. The van der Waals surface area contributed by atoms with Gasteiger partial charge in [-0.25, -0.2) is 18.7 Å². The van der Waals surface area contributed by atoms with Crippen LogP contribution < -0.4 is 0 Å². The zero-order valence-corrected chi connectivity index (χ0v) is 28.2. The molecular formula is C35H36O12P2. The largest absolute Gasteiger partial charge is 0.469 e. The zero-order chi connectivity index (χ0) is 36.1. The average molecular weight is 711 g/mol. The molecule has 0 aliphatic heterocycles. The lowest BCUT2D eigenvalue weighted by molar-refractivity contribution is -0.155. The highest BCUT2D eigenvalue weighted by atomic mass is 31.2. The molecule has 0 fully saturated rings. The Bertz CT molecular complexity index is 1710. The Kier molecular flexibility index (Phi) is 13.7. The fraction of sp³-hybridized carbons (Fsp3) is 0.143. The van der Waals surface area contributed by atoms with Gasteiger partial charge in [-0.1, -0.05) is 134 Å². The standard InChI is InChI=1S/C18H19O6P.C17H17O6P/c1-14(2)17(19)24-18(13-23-25(20,21)22,15-9-5-3-6-10-15)16-11-7-4-8-12-16;1-2-16(18)23-17(13-22-24(19,20)21,14-9-5-3-6-10-14)15-11-7-4-8-12-15/h3-12H,1,13H2,2H3,(H2,20,21,22);2-12H,1,13H2,(H2,19,20,21). The van der Waals surface area contributed by atoms with Gasteiger partial charge in [0, 0.05) is 33.9 Å². The molecule has 0 heterocycles. The first-order valence-corrected chi connectivity index (χ1v) is 17.5. The van der Waals surface area contributed by atoms with Gasteiger partial charge >= 0.3 is 27.6 Å². The summed E-state index contributed by atoms with van der Waals surface area (Å²) in [4.78, 5) is 60.7. The van der Waals surface area contributed by atoms with Crippen molar-refractivity contribution in [2.45, 2.75) is 18.1 Å². The number of phosphoric acid groups is 2. The molecular weight excluding hydrogens is 674 g/mol. The smallest absolute Gasteiger partial charge is 0.444 e. The van der Waals surface area contributed by atoms with E-state index in [4.69, 9.17) is 38.1 Å². The first kappa shape index (κ1) is 39.0. The van der Waals surface area contributed by atoms with E-state index in [0.717, 1.165) is 6.08 Å². The molecule has 49 heavy (non-hydrogen) atoms. The van der Waals surface area contributed by atoms with Gasteiger partial charge in [0.1, 0.15) is 13.2 Å². The van der Waals surface area contributed by atoms with Crippen molar-refractivity contribution >= 4 is 27.6 Å². The van der Waals surface area contributed by atoms with E-state index in [0.29, 0.717) is 22.3 Å². The summed E-state index contributed by atoms with van der Waals surface area (Å²) in [5, 5.41) is 0. The summed E-state index contributed by atoms with van der Waals surface area (Å²) in [5.41, 5.74) is -0.824. The van der Waals surface area contributed by atoms with Crippen LogP contribution in [0.3, 0.4) is 0 Å². The van der Waals surface area contributed by atoms with Gasteiger partial charge in [-0.15, -0.1) is 0 Å². The molecule has 0 saturated carbocycles. The quantitative estimate of drug-likeness (QED) is 0.0688. The Morgan fingerprint density at radius 2 is 0.898 bits per heavy atom. The third-order valence-electron chi connectivity index (χ3n) is 6.89. The number of carbonyl (C=O) groups is 2. The van der Waals surface area contributed by atoms with Crippen molar-refractivity contribution < 1.29 is 56.8 Å². The summed E-state index contributed by atoms with van der Waals surface area (Å²) in [5.74, 6) is -1.43. The van der Waals surface area contributed by atoms with Crippen LogP contribution in [-0.4, -0.2) is 44.7 Å². The Balaban J connectivity index is 0.000000266. The molecule has 4 N–H and O–H groups in total. The van der Waals surface area contributed by atoms with E-state index in [9.17, 15) is 18.7 Å². The molecule has 0 aromatic heterocycles. The summed E-state index contributed by atoms with van der Waals surface area (Å²) in [6.45, 7) is 7.33. The summed E-state index contributed by atoms with van der Waals surface area (Å²) in [6.07, 6.45) is 0.984. The van der Waals surface area contributed by atoms with Crippen LogP contribution in [0.5, 0.6) is 0 Å². The highest BCUT2D eigenvalue weighted by molar-refractivity contribution is 7.46. The van der Waals surface area contributed by atoms with E-state index < -0.39 is 52.0 Å². The summed E-state index contributed by atoms with van der Waals surface area (Å²) in [7, 11) is -9.56. The van der Waals surface area contributed by atoms with Crippen molar-refractivity contribution in [3.63, 3.8) is 0 Å². The van der Waals surface area contributed by atoms with E-state index in [1.807, 2.05) is 0 Å². The van der Waals surface area contributed by atoms with Crippen LogP contribution in [0.4, 0.5) is 0 Å². The van der Waals surface area contributed by atoms with E-state index in [2.05, 4.69) is 13.2 Å². The Morgan fingerprint density at radius 1 is 0.612 bits per heavy atom. The number of carbonyl (C=O) groups excluding carboxylic acids is 2. The molecule has 0 radical (unpaired) electrons.